The van der Waals surface area contributed by atoms with Crippen LogP contribution in [0.4, 0.5) is 0 Å². The zero-order valence-corrected chi connectivity index (χ0v) is 8.88. The highest BCUT2D eigenvalue weighted by Crippen LogP contribution is 2.24. The Kier molecular flexibility index (Phi) is 2.46. The lowest BCUT2D eigenvalue weighted by molar-refractivity contribution is -0.0734. The van der Waals surface area contributed by atoms with Crippen LogP contribution in [0.25, 0.3) is 0 Å². The number of rotatable bonds is 2. The summed E-state index contributed by atoms with van der Waals surface area (Å²) in [4.78, 5) is 2.56. The van der Waals surface area contributed by atoms with Crippen LogP contribution in [0.15, 0.2) is 18.5 Å². The minimum absolute atomic E-state index is 0.609. The van der Waals surface area contributed by atoms with E-state index in [4.69, 9.17) is 4.74 Å². The minimum atomic E-state index is 0.609. The molecule has 82 valence electrons. The molecular formula is C11H17N3O. The van der Waals surface area contributed by atoms with Gasteiger partial charge in [-0.1, -0.05) is 0 Å². The van der Waals surface area contributed by atoms with Gasteiger partial charge in [-0.15, -0.1) is 0 Å². The van der Waals surface area contributed by atoms with Gasteiger partial charge in [0.2, 0.25) is 0 Å². The number of ether oxygens (including phenoxy) is 1. The number of piperidine rings is 1. The molecule has 2 fully saturated rings. The molecule has 0 atom stereocenters. The van der Waals surface area contributed by atoms with Gasteiger partial charge >= 0.3 is 0 Å². The number of nitrogens with zero attached hydrogens (tertiary/aromatic N) is 3. The summed E-state index contributed by atoms with van der Waals surface area (Å²) < 4.78 is 7.33. The van der Waals surface area contributed by atoms with Crippen molar-refractivity contribution in [3.63, 3.8) is 0 Å². The zero-order chi connectivity index (χ0) is 10.1. The van der Waals surface area contributed by atoms with Crippen molar-refractivity contribution in [2.45, 2.75) is 24.9 Å². The Labute approximate surface area is 89.8 Å². The number of hydrogen-bond donors (Lipinski definition) is 0. The Balaban J connectivity index is 1.56. The maximum Gasteiger partial charge on any atom is 0.0645 e. The molecule has 0 saturated carbocycles. The van der Waals surface area contributed by atoms with E-state index < -0.39 is 0 Å². The second-order valence-corrected chi connectivity index (χ2v) is 4.44. The molecule has 0 amide bonds. The van der Waals surface area contributed by atoms with Crippen molar-refractivity contribution in [3.8, 4) is 0 Å². The van der Waals surface area contributed by atoms with E-state index in [9.17, 15) is 0 Å². The third-order valence-electron chi connectivity index (χ3n) is 3.53. The van der Waals surface area contributed by atoms with Gasteiger partial charge < -0.3 is 4.74 Å². The van der Waals surface area contributed by atoms with E-state index in [1.165, 1.54) is 25.9 Å². The molecule has 0 spiro atoms. The summed E-state index contributed by atoms with van der Waals surface area (Å²) in [6, 6.07) is 3.31. The largest absolute Gasteiger partial charge is 0.378 e. The van der Waals surface area contributed by atoms with E-state index in [2.05, 4.69) is 20.9 Å². The molecule has 0 unspecified atom stereocenters. The second kappa shape index (κ2) is 3.94. The van der Waals surface area contributed by atoms with Crippen LogP contribution in [-0.2, 0) is 4.74 Å². The summed E-state index contributed by atoms with van der Waals surface area (Å²) in [6.07, 6.45) is 6.38. The summed E-state index contributed by atoms with van der Waals surface area (Å²) in [5, 5.41) is 4.32. The fraction of sp³-hybridized carbons (Fsp3) is 0.727. The summed E-state index contributed by atoms with van der Waals surface area (Å²) >= 11 is 0. The van der Waals surface area contributed by atoms with E-state index >= 15 is 0 Å². The Bertz CT molecular complexity index is 300. The third-order valence-corrected chi connectivity index (χ3v) is 3.53. The minimum Gasteiger partial charge on any atom is -0.378 e. The Morgan fingerprint density at radius 2 is 1.93 bits per heavy atom. The molecule has 0 bridgehead atoms. The van der Waals surface area contributed by atoms with Gasteiger partial charge in [0.25, 0.3) is 0 Å². The number of aromatic nitrogens is 2. The lowest BCUT2D eigenvalue weighted by Gasteiger charge is -2.41. The van der Waals surface area contributed by atoms with E-state index in [-0.39, 0.29) is 0 Å². The van der Waals surface area contributed by atoms with E-state index in [0.29, 0.717) is 12.1 Å². The van der Waals surface area contributed by atoms with Gasteiger partial charge in [-0.2, -0.15) is 5.10 Å². The molecule has 2 aliphatic rings. The molecule has 3 heterocycles. The first-order chi connectivity index (χ1) is 7.43. The monoisotopic (exact) mass is 207 g/mol. The van der Waals surface area contributed by atoms with Gasteiger partial charge in [0.15, 0.2) is 0 Å². The molecular weight excluding hydrogens is 190 g/mol. The average molecular weight is 207 g/mol. The van der Waals surface area contributed by atoms with Gasteiger partial charge in [0, 0.05) is 25.5 Å². The molecule has 2 aliphatic heterocycles. The van der Waals surface area contributed by atoms with Crippen LogP contribution in [-0.4, -0.2) is 47.0 Å². The molecule has 1 aromatic rings. The van der Waals surface area contributed by atoms with E-state index in [1.807, 2.05) is 12.3 Å². The smallest absolute Gasteiger partial charge is 0.0645 e. The first-order valence-corrected chi connectivity index (χ1v) is 5.74. The average Bonchev–Trinajstić information content (AvgIpc) is 2.69. The lowest BCUT2D eigenvalue weighted by atomic mass is 10.0. The van der Waals surface area contributed by atoms with E-state index in [1.54, 1.807) is 0 Å². The predicted molar refractivity (Wildman–Crippen MR) is 56.7 cm³/mol. The van der Waals surface area contributed by atoms with Crippen LogP contribution in [0.2, 0.25) is 0 Å². The van der Waals surface area contributed by atoms with Gasteiger partial charge in [-0.3, -0.25) is 9.58 Å². The molecule has 2 saturated heterocycles. The molecule has 15 heavy (non-hydrogen) atoms. The molecule has 0 aromatic carbocycles. The maximum atomic E-state index is 5.23. The fourth-order valence-electron chi connectivity index (χ4n) is 2.45. The predicted octanol–water partition coefficient (Wildman–Crippen LogP) is 0.919. The van der Waals surface area contributed by atoms with Crippen molar-refractivity contribution in [1.29, 1.82) is 0 Å². The quantitative estimate of drug-likeness (QED) is 0.722. The van der Waals surface area contributed by atoms with Crippen molar-refractivity contribution in [2.24, 2.45) is 0 Å². The highest BCUT2D eigenvalue weighted by molar-refractivity contribution is 4.87. The van der Waals surface area contributed by atoms with Crippen LogP contribution in [0.1, 0.15) is 18.9 Å². The molecule has 4 heteroatoms. The number of likely N-dealkylation sites (tertiary alicyclic amines) is 1. The standard InChI is InChI=1S/C11H17N3O/c1-4-12-14(5-1)10-2-6-13(7-3-10)11-8-15-9-11/h1,4-5,10-11H,2-3,6-9H2. The molecule has 4 nitrogen and oxygen atoms in total. The zero-order valence-electron chi connectivity index (χ0n) is 8.88. The Hall–Kier alpha value is -0.870. The Morgan fingerprint density at radius 1 is 1.13 bits per heavy atom. The van der Waals surface area contributed by atoms with Gasteiger partial charge in [-0.05, 0) is 18.9 Å². The van der Waals surface area contributed by atoms with Crippen LogP contribution in [0, 0.1) is 0 Å². The second-order valence-electron chi connectivity index (χ2n) is 4.44. The van der Waals surface area contributed by atoms with Gasteiger partial charge in [0.1, 0.15) is 0 Å². The highest BCUT2D eigenvalue weighted by Gasteiger charge is 2.29. The topological polar surface area (TPSA) is 30.3 Å². The Morgan fingerprint density at radius 3 is 2.47 bits per heavy atom. The normalized spacial score (nSPS) is 25.3. The summed E-state index contributed by atoms with van der Waals surface area (Å²) in [5.74, 6) is 0. The molecule has 0 N–H and O–H groups in total. The molecule has 3 rings (SSSR count). The van der Waals surface area contributed by atoms with Crippen LogP contribution in [0.5, 0.6) is 0 Å². The van der Waals surface area contributed by atoms with Crippen LogP contribution >= 0.6 is 0 Å². The van der Waals surface area contributed by atoms with E-state index in [0.717, 1.165) is 13.2 Å². The SMILES string of the molecule is c1cnn(C2CCN(C3COC3)CC2)c1. The van der Waals surface area contributed by atoms with Crippen molar-refractivity contribution in [1.82, 2.24) is 14.7 Å². The maximum absolute atomic E-state index is 5.23. The van der Waals surface area contributed by atoms with Crippen LogP contribution < -0.4 is 0 Å². The highest BCUT2D eigenvalue weighted by atomic mass is 16.5. The van der Waals surface area contributed by atoms with Crippen molar-refractivity contribution in [2.75, 3.05) is 26.3 Å². The van der Waals surface area contributed by atoms with Gasteiger partial charge in [0.05, 0.1) is 25.3 Å². The first kappa shape index (κ1) is 9.36. The summed E-state index contributed by atoms with van der Waals surface area (Å²) in [5.41, 5.74) is 0. The van der Waals surface area contributed by atoms with Crippen molar-refractivity contribution < 1.29 is 4.74 Å². The number of hydrogen-bond acceptors (Lipinski definition) is 3. The summed E-state index contributed by atoms with van der Waals surface area (Å²) in [6.45, 7) is 4.26. The molecule has 1 aromatic heterocycles. The van der Waals surface area contributed by atoms with Gasteiger partial charge in [-0.25, -0.2) is 0 Å². The van der Waals surface area contributed by atoms with Crippen LogP contribution in [0.3, 0.4) is 0 Å². The third kappa shape index (κ3) is 1.79. The van der Waals surface area contributed by atoms with Crippen molar-refractivity contribution >= 4 is 0 Å². The molecule has 0 radical (unpaired) electrons. The fourth-order valence-corrected chi connectivity index (χ4v) is 2.45. The molecule has 0 aliphatic carbocycles. The summed E-state index contributed by atoms with van der Waals surface area (Å²) in [7, 11) is 0. The lowest BCUT2D eigenvalue weighted by Crippen LogP contribution is -2.51. The first-order valence-electron chi connectivity index (χ1n) is 5.74. The van der Waals surface area contributed by atoms with Crippen molar-refractivity contribution in [3.05, 3.63) is 18.5 Å².